The molecule has 0 radical (unpaired) electrons. The Hall–Kier alpha value is -2.61. The molecule has 140 valence electrons. The fraction of sp³-hybridized carbons (Fsp3) is 0.500. The molecule has 0 spiro atoms. The summed E-state index contributed by atoms with van der Waals surface area (Å²) in [6, 6.07) is 6.03. The van der Waals surface area contributed by atoms with Gasteiger partial charge in [-0.3, -0.25) is 9.69 Å². The van der Waals surface area contributed by atoms with Crippen molar-refractivity contribution in [3.8, 4) is 5.75 Å². The van der Waals surface area contributed by atoms with Gasteiger partial charge < -0.3 is 19.5 Å². The highest BCUT2D eigenvalue weighted by atomic mass is 16.5. The van der Waals surface area contributed by atoms with Gasteiger partial charge >= 0.3 is 12.0 Å². The molecule has 0 aromatic heterocycles. The van der Waals surface area contributed by atoms with Crippen LogP contribution in [0.2, 0.25) is 0 Å². The maximum atomic E-state index is 12.2. The third kappa shape index (κ3) is 4.32. The molecule has 1 aromatic rings. The smallest absolute Gasteiger partial charge is 0.338 e. The van der Waals surface area contributed by atoms with E-state index in [2.05, 4.69) is 5.32 Å². The molecule has 1 N–H and O–H groups in total. The van der Waals surface area contributed by atoms with Crippen molar-refractivity contribution in [1.82, 2.24) is 10.2 Å². The van der Waals surface area contributed by atoms with Crippen LogP contribution in [0.25, 0.3) is 0 Å². The molecule has 2 atom stereocenters. The van der Waals surface area contributed by atoms with Gasteiger partial charge in [0, 0.05) is 19.7 Å². The number of benzene rings is 1. The zero-order valence-corrected chi connectivity index (χ0v) is 14.6. The lowest BCUT2D eigenvalue weighted by atomic mass is 10.2. The van der Waals surface area contributed by atoms with E-state index in [0.29, 0.717) is 24.5 Å². The predicted octanol–water partition coefficient (Wildman–Crippen LogP) is 1.34. The highest BCUT2D eigenvalue weighted by Gasteiger charge is 2.31. The third-order valence-electron chi connectivity index (χ3n) is 4.30. The number of imide groups is 1. The molecule has 2 saturated heterocycles. The second-order valence-corrected chi connectivity index (χ2v) is 6.24. The lowest BCUT2D eigenvalue weighted by Gasteiger charge is -2.18. The van der Waals surface area contributed by atoms with Gasteiger partial charge in [0.25, 0.3) is 5.91 Å². The van der Waals surface area contributed by atoms with Crippen molar-refractivity contribution in [2.45, 2.75) is 32.0 Å². The number of carbonyl (C=O) groups excluding carboxylic acids is 3. The molecule has 2 aliphatic rings. The molecule has 26 heavy (non-hydrogen) atoms. The first-order chi connectivity index (χ1) is 12.5. The predicted molar refractivity (Wildman–Crippen MR) is 90.9 cm³/mol. The summed E-state index contributed by atoms with van der Waals surface area (Å²) in [6.07, 6.45) is 1.12. The first kappa shape index (κ1) is 18.2. The van der Waals surface area contributed by atoms with Crippen molar-refractivity contribution in [3.63, 3.8) is 0 Å². The lowest BCUT2D eigenvalue weighted by Crippen LogP contribution is -2.41. The minimum absolute atomic E-state index is 0.120. The van der Waals surface area contributed by atoms with Crippen molar-refractivity contribution >= 4 is 17.9 Å². The summed E-state index contributed by atoms with van der Waals surface area (Å²) in [5.74, 6) is -0.532. The van der Waals surface area contributed by atoms with E-state index in [1.165, 1.54) is 6.92 Å². The molecule has 0 saturated carbocycles. The normalized spacial score (nSPS) is 20.6. The zero-order valence-electron chi connectivity index (χ0n) is 14.6. The highest BCUT2D eigenvalue weighted by Crippen LogP contribution is 2.17. The molecule has 0 unspecified atom stereocenters. The number of amides is 3. The number of rotatable bonds is 6. The molecule has 0 aliphatic carbocycles. The first-order valence-electron chi connectivity index (χ1n) is 8.69. The Balaban J connectivity index is 1.50. The van der Waals surface area contributed by atoms with Crippen molar-refractivity contribution in [3.05, 3.63) is 29.8 Å². The molecule has 2 fully saturated rings. The van der Waals surface area contributed by atoms with Crippen LogP contribution in [0.15, 0.2) is 24.3 Å². The Bertz CT molecular complexity index is 669. The lowest BCUT2D eigenvalue weighted by molar-refractivity contribution is -0.136. The number of carbonyl (C=O) groups is 3. The van der Waals surface area contributed by atoms with E-state index < -0.39 is 24.0 Å². The standard InChI is InChI=1S/C18H22N2O6/c1-12(16(21)20-9-8-19-18(20)23)26-17(22)13-4-6-14(7-5-13)25-11-15-3-2-10-24-15/h4-7,12,15H,2-3,8-11H2,1H3,(H,19,23)/t12-,15+/m1/s1. The summed E-state index contributed by atoms with van der Waals surface area (Å²) in [5, 5.41) is 2.53. The Labute approximate surface area is 151 Å². The van der Waals surface area contributed by atoms with Gasteiger partial charge in [-0.25, -0.2) is 9.59 Å². The highest BCUT2D eigenvalue weighted by molar-refractivity contribution is 5.99. The summed E-state index contributed by atoms with van der Waals surface area (Å²) in [6.45, 7) is 3.38. The second-order valence-electron chi connectivity index (χ2n) is 6.24. The quantitative estimate of drug-likeness (QED) is 0.768. The van der Waals surface area contributed by atoms with E-state index >= 15 is 0 Å². The van der Waals surface area contributed by atoms with Crippen LogP contribution in [0.4, 0.5) is 4.79 Å². The molecule has 1 aromatic carbocycles. The van der Waals surface area contributed by atoms with Crippen LogP contribution in [-0.2, 0) is 14.3 Å². The van der Waals surface area contributed by atoms with Gasteiger partial charge in [0.2, 0.25) is 0 Å². The van der Waals surface area contributed by atoms with Crippen molar-refractivity contribution in [2.24, 2.45) is 0 Å². The van der Waals surface area contributed by atoms with E-state index in [1.54, 1.807) is 24.3 Å². The number of ether oxygens (including phenoxy) is 3. The molecule has 2 heterocycles. The molecule has 0 bridgehead atoms. The van der Waals surface area contributed by atoms with E-state index in [0.717, 1.165) is 24.3 Å². The largest absolute Gasteiger partial charge is 0.491 e. The van der Waals surface area contributed by atoms with Crippen LogP contribution in [0.5, 0.6) is 5.75 Å². The van der Waals surface area contributed by atoms with Crippen LogP contribution in [0, 0.1) is 0 Å². The molecular formula is C18H22N2O6. The van der Waals surface area contributed by atoms with Gasteiger partial charge in [0.1, 0.15) is 12.4 Å². The molecule has 8 nitrogen and oxygen atoms in total. The van der Waals surface area contributed by atoms with E-state index in [4.69, 9.17) is 14.2 Å². The average Bonchev–Trinajstić information content (AvgIpc) is 3.31. The number of hydrogen-bond donors (Lipinski definition) is 1. The topological polar surface area (TPSA) is 94.2 Å². The Morgan fingerprint density at radius 3 is 2.73 bits per heavy atom. The van der Waals surface area contributed by atoms with Crippen LogP contribution in [0.1, 0.15) is 30.1 Å². The minimum atomic E-state index is -1.04. The number of nitrogens with one attached hydrogen (secondary N) is 1. The number of nitrogens with zero attached hydrogens (tertiary/aromatic N) is 1. The Morgan fingerprint density at radius 2 is 2.12 bits per heavy atom. The summed E-state index contributed by atoms with van der Waals surface area (Å²) in [7, 11) is 0. The zero-order chi connectivity index (χ0) is 18.5. The Kier molecular flexibility index (Phi) is 5.72. The molecule has 3 rings (SSSR count). The van der Waals surface area contributed by atoms with Crippen LogP contribution in [-0.4, -0.2) is 61.3 Å². The SMILES string of the molecule is C[C@@H](OC(=O)c1ccc(OC[C@@H]2CCCO2)cc1)C(=O)N1CCNC1=O. The van der Waals surface area contributed by atoms with E-state index in [1.807, 2.05) is 0 Å². The van der Waals surface area contributed by atoms with Gasteiger partial charge in [-0.15, -0.1) is 0 Å². The number of hydrogen-bond acceptors (Lipinski definition) is 6. The molecular weight excluding hydrogens is 340 g/mol. The molecule has 8 heteroatoms. The van der Waals surface area contributed by atoms with Gasteiger partial charge in [0.05, 0.1) is 11.7 Å². The fourth-order valence-corrected chi connectivity index (χ4v) is 2.83. The monoisotopic (exact) mass is 362 g/mol. The van der Waals surface area contributed by atoms with E-state index in [9.17, 15) is 14.4 Å². The van der Waals surface area contributed by atoms with Crippen molar-refractivity contribution in [1.29, 1.82) is 0 Å². The van der Waals surface area contributed by atoms with Crippen LogP contribution in [0.3, 0.4) is 0 Å². The second kappa shape index (κ2) is 8.18. The number of urea groups is 1. The summed E-state index contributed by atoms with van der Waals surface area (Å²) in [4.78, 5) is 36.9. The van der Waals surface area contributed by atoms with Gasteiger partial charge in [-0.2, -0.15) is 0 Å². The maximum absolute atomic E-state index is 12.2. The van der Waals surface area contributed by atoms with Crippen molar-refractivity contribution in [2.75, 3.05) is 26.3 Å². The average molecular weight is 362 g/mol. The van der Waals surface area contributed by atoms with Crippen LogP contribution >= 0.6 is 0 Å². The fourth-order valence-electron chi connectivity index (χ4n) is 2.83. The molecule has 3 amide bonds. The molecule has 2 aliphatic heterocycles. The third-order valence-corrected chi connectivity index (χ3v) is 4.30. The first-order valence-corrected chi connectivity index (χ1v) is 8.69. The Morgan fingerprint density at radius 1 is 1.35 bits per heavy atom. The van der Waals surface area contributed by atoms with Gasteiger partial charge in [-0.05, 0) is 44.0 Å². The summed E-state index contributed by atoms with van der Waals surface area (Å²) >= 11 is 0. The van der Waals surface area contributed by atoms with Gasteiger partial charge in [-0.1, -0.05) is 0 Å². The maximum Gasteiger partial charge on any atom is 0.338 e. The van der Waals surface area contributed by atoms with E-state index in [-0.39, 0.29) is 12.6 Å². The summed E-state index contributed by atoms with van der Waals surface area (Å²) in [5.41, 5.74) is 0.306. The summed E-state index contributed by atoms with van der Waals surface area (Å²) < 4.78 is 16.3. The van der Waals surface area contributed by atoms with Crippen molar-refractivity contribution < 1.29 is 28.6 Å². The van der Waals surface area contributed by atoms with Crippen LogP contribution < -0.4 is 10.1 Å². The number of esters is 1. The van der Waals surface area contributed by atoms with Gasteiger partial charge in [0.15, 0.2) is 6.10 Å². The minimum Gasteiger partial charge on any atom is -0.491 e.